The number of nitrogens with one attached hydrogen (secondary N) is 2. The molecule has 3 amide bonds. The highest BCUT2D eigenvalue weighted by Gasteiger charge is 2.30. The van der Waals surface area contributed by atoms with Gasteiger partial charge in [-0.05, 0) is 36.6 Å². The molecule has 4 bridgehead atoms. The van der Waals surface area contributed by atoms with Gasteiger partial charge in [0.15, 0.2) is 6.61 Å². The Kier molecular flexibility index (Phi) is 12.3. The third kappa shape index (κ3) is 9.88. The van der Waals surface area contributed by atoms with Gasteiger partial charge in [0.25, 0.3) is 5.91 Å². The molecule has 3 heterocycles. The fourth-order valence-corrected chi connectivity index (χ4v) is 4.86. The zero-order chi connectivity index (χ0) is 31.3. The van der Waals surface area contributed by atoms with E-state index in [9.17, 15) is 14.4 Å². The van der Waals surface area contributed by atoms with Crippen molar-refractivity contribution in [2.45, 2.75) is 52.0 Å². The SMILES string of the molecule is C[C@@H]1CC(=O)NCCc2ccc(cc2)OCC(=O)NCCOCCn2cc(nn2)CO[C@H](c2ccccc2)[C@H](C)N(C)C1=O. The van der Waals surface area contributed by atoms with E-state index in [0.29, 0.717) is 50.7 Å². The average molecular weight is 607 g/mol. The molecule has 3 atom stereocenters. The van der Waals surface area contributed by atoms with Gasteiger partial charge in [0.2, 0.25) is 11.8 Å². The first-order valence-electron chi connectivity index (χ1n) is 14.9. The highest BCUT2D eigenvalue weighted by molar-refractivity contribution is 5.85. The van der Waals surface area contributed by atoms with Crippen molar-refractivity contribution in [3.05, 3.63) is 77.6 Å². The summed E-state index contributed by atoms with van der Waals surface area (Å²) in [5.74, 6) is -0.496. The monoisotopic (exact) mass is 606 g/mol. The smallest absolute Gasteiger partial charge is 0.258 e. The second-order valence-electron chi connectivity index (χ2n) is 10.9. The summed E-state index contributed by atoms with van der Waals surface area (Å²) in [4.78, 5) is 39.9. The Labute approximate surface area is 258 Å². The number of nitrogens with zero attached hydrogens (tertiary/aromatic N) is 4. The molecule has 2 N–H and O–H groups in total. The van der Waals surface area contributed by atoms with Crippen LogP contribution in [0.25, 0.3) is 0 Å². The van der Waals surface area contributed by atoms with Crippen LogP contribution in [-0.2, 0) is 43.4 Å². The lowest BCUT2D eigenvalue weighted by Gasteiger charge is -2.33. The van der Waals surface area contributed by atoms with Crippen LogP contribution in [0.5, 0.6) is 5.75 Å². The molecule has 12 heteroatoms. The van der Waals surface area contributed by atoms with Crippen LogP contribution in [-0.4, -0.2) is 83.6 Å². The molecule has 1 aromatic heterocycles. The predicted molar refractivity (Wildman–Crippen MR) is 162 cm³/mol. The standard InChI is InChI=1S/C32H42N6O6/c1-23-19-29(39)33-14-13-25-9-11-28(12-10-25)43-22-30(40)34-15-17-42-18-16-38-20-27(35-36-38)21-44-31(24(2)37(3)32(23)41)26-7-5-4-6-8-26/h4-12,20,23-24,31H,13-19,21-22H2,1-3H3,(H,33,39)(H,34,40)/t23-,24+,31+/m1/s1. The molecule has 2 aliphatic rings. The van der Waals surface area contributed by atoms with Crippen molar-refractivity contribution < 1.29 is 28.6 Å². The Balaban J connectivity index is 1.44. The minimum absolute atomic E-state index is 0.0778. The largest absolute Gasteiger partial charge is 0.484 e. The van der Waals surface area contributed by atoms with Gasteiger partial charge in [0.05, 0.1) is 38.6 Å². The number of likely N-dealkylation sites (N-methyl/N-ethyl adjacent to an activating group) is 1. The van der Waals surface area contributed by atoms with Crippen LogP contribution in [0.15, 0.2) is 60.8 Å². The Morgan fingerprint density at radius 1 is 0.886 bits per heavy atom. The maximum absolute atomic E-state index is 13.4. The van der Waals surface area contributed by atoms with E-state index in [1.165, 1.54) is 0 Å². The first-order chi connectivity index (χ1) is 21.3. The summed E-state index contributed by atoms with van der Waals surface area (Å²) in [5, 5.41) is 14.1. The Morgan fingerprint density at radius 2 is 1.64 bits per heavy atom. The first kappa shape index (κ1) is 32.6. The number of carbonyl (C=O) groups excluding carboxylic acids is 3. The lowest BCUT2D eigenvalue weighted by Crippen LogP contribution is -2.43. The number of amides is 3. The molecular formula is C32H42N6O6. The number of benzene rings is 2. The summed E-state index contributed by atoms with van der Waals surface area (Å²) in [7, 11) is 1.74. The van der Waals surface area contributed by atoms with Crippen LogP contribution in [0.2, 0.25) is 0 Å². The minimum atomic E-state index is -0.513. The molecular weight excluding hydrogens is 564 g/mol. The third-order valence-electron chi connectivity index (χ3n) is 7.50. The number of hydrogen-bond donors (Lipinski definition) is 2. The zero-order valence-corrected chi connectivity index (χ0v) is 25.6. The van der Waals surface area contributed by atoms with Gasteiger partial charge in [-0.3, -0.25) is 14.4 Å². The summed E-state index contributed by atoms with van der Waals surface area (Å²) in [5.41, 5.74) is 2.59. The van der Waals surface area contributed by atoms with Crippen molar-refractivity contribution >= 4 is 17.7 Å². The molecule has 5 rings (SSSR count). The summed E-state index contributed by atoms with van der Waals surface area (Å²) in [6.07, 6.45) is 2.06. The molecule has 3 aromatic rings. The van der Waals surface area contributed by atoms with Crippen LogP contribution in [0.4, 0.5) is 0 Å². The molecule has 0 aliphatic carbocycles. The first-order valence-corrected chi connectivity index (χ1v) is 14.9. The summed E-state index contributed by atoms with van der Waals surface area (Å²) >= 11 is 0. The van der Waals surface area contributed by atoms with E-state index in [1.807, 2.05) is 49.4 Å². The highest BCUT2D eigenvalue weighted by Crippen LogP contribution is 2.27. The molecule has 12 nitrogen and oxygen atoms in total. The second kappa shape index (κ2) is 16.5. The lowest BCUT2D eigenvalue weighted by molar-refractivity contribution is -0.141. The zero-order valence-electron chi connectivity index (χ0n) is 25.6. The van der Waals surface area contributed by atoms with Gasteiger partial charge < -0.3 is 29.7 Å². The summed E-state index contributed by atoms with van der Waals surface area (Å²) < 4.78 is 19.2. The molecule has 236 valence electrons. The molecule has 0 spiro atoms. The fourth-order valence-electron chi connectivity index (χ4n) is 4.86. The molecule has 0 fully saturated rings. The molecule has 0 radical (unpaired) electrons. The normalized spacial score (nSPS) is 22.3. The maximum Gasteiger partial charge on any atom is 0.258 e. The summed E-state index contributed by atoms with van der Waals surface area (Å²) in [6.45, 7) is 5.83. The molecule has 2 aromatic carbocycles. The summed E-state index contributed by atoms with van der Waals surface area (Å²) in [6, 6.07) is 16.8. The third-order valence-corrected chi connectivity index (χ3v) is 7.50. The van der Waals surface area contributed by atoms with Crippen molar-refractivity contribution in [3.63, 3.8) is 0 Å². The molecule has 0 saturated carbocycles. The van der Waals surface area contributed by atoms with Crippen LogP contribution in [0.1, 0.15) is 43.2 Å². The molecule has 0 unspecified atom stereocenters. The quantitative estimate of drug-likeness (QED) is 0.403. The minimum Gasteiger partial charge on any atom is -0.484 e. The van der Waals surface area contributed by atoms with E-state index in [4.69, 9.17) is 14.2 Å². The van der Waals surface area contributed by atoms with Gasteiger partial charge in [0.1, 0.15) is 17.5 Å². The van der Waals surface area contributed by atoms with Gasteiger partial charge in [-0.15, -0.1) is 5.10 Å². The number of ether oxygens (including phenoxy) is 3. The molecule has 0 saturated heterocycles. The topological polar surface area (TPSA) is 137 Å². The average Bonchev–Trinajstić information content (AvgIpc) is 3.49. The van der Waals surface area contributed by atoms with Crippen LogP contribution in [0.3, 0.4) is 0 Å². The van der Waals surface area contributed by atoms with E-state index in [-0.39, 0.29) is 43.4 Å². The molecule has 2 aliphatic heterocycles. The van der Waals surface area contributed by atoms with Gasteiger partial charge in [-0.25, -0.2) is 4.68 Å². The van der Waals surface area contributed by atoms with Crippen molar-refractivity contribution in [1.82, 2.24) is 30.5 Å². The van der Waals surface area contributed by atoms with Gasteiger partial charge in [-0.1, -0.05) is 54.6 Å². The maximum atomic E-state index is 13.4. The van der Waals surface area contributed by atoms with Gasteiger partial charge in [-0.2, -0.15) is 0 Å². The second-order valence-corrected chi connectivity index (χ2v) is 10.9. The predicted octanol–water partition coefficient (Wildman–Crippen LogP) is 2.29. The van der Waals surface area contributed by atoms with Crippen LogP contribution >= 0.6 is 0 Å². The van der Waals surface area contributed by atoms with E-state index in [1.54, 1.807) is 41.9 Å². The van der Waals surface area contributed by atoms with Crippen molar-refractivity contribution in [3.8, 4) is 5.75 Å². The number of rotatable bonds is 1. The van der Waals surface area contributed by atoms with Gasteiger partial charge in [0, 0.05) is 32.5 Å². The van der Waals surface area contributed by atoms with E-state index >= 15 is 0 Å². The lowest BCUT2D eigenvalue weighted by atomic mass is 9.99. The Morgan fingerprint density at radius 3 is 2.41 bits per heavy atom. The number of fused-ring (bicyclic) bond motifs is 21. The number of carbonyl (C=O) groups is 3. The van der Waals surface area contributed by atoms with E-state index < -0.39 is 12.0 Å². The van der Waals surface area contributed by atoms with Crippen molar-refractivity contribution in [2.24, 2.45) is 5.92 Å². The fraction of sp³-hybridized carbons (Fsp3) is 0.469. The molecule has 44 heavy (non-hydrogen) atoms. The Bertz CT molecular complexity index is 1350. The van der Waals surface area contributed by atoms with E-state index in [2.05, 4.69) is 20.9 Å². The van der Waals surface area contributed by atoms with Gasteiger partial charge >= 0.3 is 0 Å². The number of aromatic nitrogens is 3. The van der Waals surface area contributed by atoms with Crippen molar-refractivity contribution in [2.75, 3.05) is 40.0 Å². The van der Waals surface area contributed by atoms with E-state index in [0.717, 1.165) is 11.1 Å². The van der Waals surface area contributed by atoms with Crippen molar-refractivity contribution in [1.29, 1.82) is 0 Å². The number of hydrogen-bond acceptors (Lipinski definition) is 8. The highest BCUT2D eigenvalue weighted by atomic mass is 16.5. The van der Waals surface area contributed by atoms with Crippen LogP contribution < -0.4 is 15.4 Å². The van der Waals surface area contributed by atoms with Crippen LogP contribution in [0, 0.1) is 5.92 Å². The Hall–Kier alpha value is -4.29.